The van der Waals surface area contributed by atoms with Crippen LogP contribution in [0.15, 0.2) is 48.6 Å². The smallest absolute Gasteiger partial charge is 0.00179 e. The van der Waals surface area contributed by atoms with Gasteiger partial charge in [-0.1, -0.05) is 61.4 Å². The van der Waals surface area contributed by atoms with E-state index in [2.05, 4.69) is 48.6 Å². The van der Waals surface area contributed by atoms with Crippen molar-refractivity contribution >= 4 is 0 Å². The third kappa shape index (κ3) is 1.35. The third-order valence-electron chi connectivity index (χ3n) is 4.36. The molecule has 0 spiro atoms. The van der Waals surface area contributed by atoms with Crippen molar-refractivity contribution in [2.24, 2.45) is 17.3 Å². The van der Waals surface area contributed by atoms with Crippen molar-refractivity contribution in [3.63, 3.8) is 0 Å². The zero-order valence-electron chi connectivity index (χ0n) is 9.10. The van der Waals surface area contributed by atoms with Gasteiger partial charge in [-0.2, -0.15) is 0 Å². The lowest BCUT2D eigenvalue weighted by Crippen LogP contribution is -2.31. The molecule has 1 fully saturated rings. The summed E-state index contributed by atoms with van der Waals surface area (Å²) in [5, 5.41) is 0. The van der Waals surface area contributed by atoms with Gasteiger partial charge in [0.05, 0.1) is 0 Å². The van der Waals surface area contributed by atoms with Gasteiger partial charge < -0.3 is 0 Å². The van der Waals surface area contributed by atoms with Crippen molar-refractivity contribution in [1.29, 1.82) is 0 Å². The molecule has 3 aliphatic rings. The van der Waals surface area contributed by atoms with E-state index in [9.17, 15) is 0 Å². The SMILES string of the molecule is C1=CC(C2(C3C=CC=C3)CCCC2)C=C1. The Bertz CT molecular complexity index is 294. The zero-order valence-corrected chi connectivity index (χ0v) is 9.10. The van der Waals surface area contributed by atoms with Gasteiger partial charge in [-0.3, -0.25) is 0 Å². The van der Waals surface area contributed by atoms with Gasteiger partial charge in [0.2, 0.25) is 0 Å². The molecule has 0 heteroatoms. The molecule has 0 aliphatic heterocycles. The minimum atomic E-state index is 0.507. The molecule has 0 amide bonds. The fourth-order valence-corrected chi connectivity index (χ4v) is 3.55. The van der Waals surface area contributed by atoms with Crippen LogP contribution in [0.3, 0.4) is 0 Å². The van der Waals surface area contributed by atoms with Crippen LogP contribution >= 0.6 is 0 Å². The van der Waals surface area contributed by atoms with E-state index in [1.54, 1.807) is 0 Å². The van der Waals surface area contributed by atoms with Gasteiger partial charge in [-0.25, -0.2) is 0 Å². The monoisotopic (exact) mass is 198 g/mol. The van der Waals surface area contributed by atoms with Crippen molar-refractivity contribution in [2.45, 2.75) is 25.7 Å². The molecule has 0 atom stereocenters. The van der Waals surface area contributed by atoms with Crippen LogP contribution < -0.4 is 0 Å². The maximum absolute atomic E-state index is 2.39. The molecule has 0 heterocycles. The highest BCUT2D eigenvalue weighted by atomic mass is 14.5. The quantitative estimate of drug-likeness (QED) is 0.628. The zero-order chi connectivity index (χ0) is 10.1. The Hall–Kier alpha value is -1.04. The van der Waals surface area contributed by atoms with Crippen LogP contribution in [0.25, 0.3) is 0 Å². The highest BCUT2D eigenvalue weighted by molar-refractivity contribution is 5.29. The molecule has 3 aliphatic carbocycles. The molecule has 1 saturated carbocycles. The molecule has 0 N–H and O–H groups in total. The van der Waals surface area contributed by atoms with Crippen molar-refractivity contribution in [3.8, 4) is 0 Å². The number of hydrogen-bond donors (Lipinski definition) is 0. The Morgan fingerprint density at radius 1 is 0.667 bits per heavy atom. The molecule has 78 valence electrons. The number of rotatable bonds is 2. The Morgan fingerprint density at radius 3 is 1.47 bits per heavy atom. The van der Waals surface area contributed by atoms with Gasteiger partial charge in [0.15, 0.2) is 0 Å². The summed E-state index contributed by atoms with van der Waals surface area (Å²) in [6.45, 7) is 0. The van der Waals surface area contributed by atoms with E-state index in [0.717, 1.165) is 0 Å². The van der Waals surface area contributed by atoms with Crippen LogP contribution in [0.5, 0.6) is 0 Å². The first kappa shape index (κ1) is 9.21. The van der Waals surface area contributed by atoms with Crippen LogP contribution in [0.4, 0.5) is 0 Å². The van der Waals surface area contributed by atoms with Crippen molar-refractivity contribution in [3.05, 3.63) is 48.6 Å². The van der Waals surface area contributed by atoms with E-state index in [0.29, 0.717) is 17.3 Å². The van der Waals surface area contributed by atoms with Gasteiger partial charge in [-0.05, 0) is 18.3 Å². The summed E-state index contributed by atoms with van der Waals surface area (Å²) in [7, 11) is 0. The van der Waals surface area contributed by atoms with E-state index in [4.69, 9.17) is 0 Å². The normalized spacial score (nSPS) is 28.5. The maximum atomic E-state index is 2.39. The summed E-state index contributed by atoms with van der Waals surface area (Å²) in [6, 6.07) is 0. The average molecular weight is 198 g/mol. The van der Waals surface area contributed by atoms with Crippen LogP contribution in [0.1, 0.15) is 25.7 Å². The standard InChI is InChI=1S/C15H18/c1-2-8-13(7-1)15(11-5-6-12-15)14-9-3-4-10-14/h1-4,7-10,13-14H,5-6,11-12H2. The molecule has 3 rings (SSSR count). The summed E-state index contributed by atoms with van der Waals surface area (Å²) in [5.41, 5.74) is 0.507. The second kappa shape index (κ2) is 3.52. The molecule has 0 aromatic carbocycles. The van der Waals surface area contributed by atoms with Crippen molar-refractivity contribution in [2.75, 3.05) is 0 Å². The summed E-state index contributed by atoms with van der Waals surface area (Å²) in [6.07, 6.45) is 24.1. The van der Waals surface area contributed by atoms with E-state index >= 15 is 0 Å². The second-order valence-electron chi connectivity index (χ2n) is 5.03. The van der Waals surface area contributed by atoms with E-state index in [1.165, 1.54) is 25.7 Å². The van der Waals surface area contributed by atoms with Crippen LogP contribution in [-0.4, -0.2) is 0 Å². The predicted octanol–water partition coefficient (Wildman–Crippen LogP) is 4.03. The second-order valence-corrected chi connectivity index (χ2v) is 5.03. The van der Waals surface area contributed by atoms with Crippen LogP contribution in [-0.2, 0) is 0 Å². The van der Waals surface area contributed by atoms with E-state index < -0.39 is 0 Å². The lowest BCUT2D eigenvalue weighted by Gasteiger charge is -2.38. The fourth-order valence-electron chi connectivity index (χ4n) is 3.55. The highest BCUT2D eigenvalue weighted by Gasteiger charge is 2.44. The largest absolute Gasteiger partial charge is 0.0770 e. The van der Waals surface area contributed by atoms with Gasteiger partial charge >= 0.3 is 0 Å². The summed E-state index contributed by atoms with van der Waals surface area (Å²) in [5.74, 6) is 1.36. The molecule has 0 bridgehead atoms. The lowest BCUT2D eigenvalue weighted by molar-refractivity contribution is 0.197. The average Bonchev–Trinajstić information content (AvgIpc) is 3.02. The van der Waals surface area contributed by atoms with E-state index in [-0.39, 0.29) is 0 Å². The molecule has 0 nitrogen and oxygen atoms in total. The minimum absolute atomic E-state index is 0.507. The Labute approximate surface area is 92.1 Å². The Balaban J connectivity index is 1.94. The van der Waals surface area contributed by atoms with Gasteiger partial charge in [0.1, 0.15) is 0 Å². The minimum Gasteiger partial charge on any atom is -0.0770 e. The molecule has 0 radical (unpaired) electrons. The van der Waals surface area contributed by atoms with Crippen molar-refractivity contribution < 1.29 is 0 Å². The van der Waals surface area contributed by atoms with E-state index in [1.807, 2.05) is 0 Å². The molecular weight excluding hydrogens is 180 g/mol. The van der Waals surface area contributed by atoms with Crippen LogP contribution in [0, 0.1) is 17.3 Å². The summed E-state index contributed by atoms with van der Waals surface area (Å²) in [4.78, 5) is 0. The van der Waals surface area contributed by atoms with Crippen LogP contribution in [0.2, 0.25) is 0 Å². The maximum Gasteiger partial charge on any atom is 0.00179 e. The summed E-state index contributed by atoms with van der Waals surface area (Å²) < 4.78 is 0. The Morgan fingerprint density at radius 2 is 1.07 bits per heavy atom. The molecular formula is C15H18. The predicted molar refractivity (Wildman–Crippen MR) is 64.4 cm³/mol. The number of hydrogen-bond acceptors (Lipinski definition) is 0. The van der Waals surface area contributed by atoms with Gasteiger partial charge in [0, 0.05) is 11.8 Å². The molecule has 0 aromatic heterocycles. The molecule has 0 unspecified atom stereocenters. The molecule has 0 aromatic rings. The first-order valence-electron chi connectivity index (χ1n) is 6.12. The first-order valence-corrected chi connectivity index (χ1v) is 6.12. The highest BCUT2D eigenvalue weighted by Crippen LogP contribution is 2.53. The Kier molecular flexibility index (Phi) is 2.16. The van der Waals surface area contributed by atoms with Gasteiger partial charge in [0.25, 0.3) is 0 Å². The van der Waals surface area contributed by atoms with Crippen molar-refractivity contribution in [1.82, 2.24) is 0 Å². The third-order valence-corrected chi connectivity index (χ3v) is 4.36. The molecule has 15 heavy (non-hydrogen) atoms. The molecule has 0 saturated heterocycles. The topological polar surface area (TPSA) is 0 Å². The fraction of sp³-hybridized carbons (Fsp3) is 0.467. The summed E-state index contributed by atoms with van der Waals surface area (Å²) >= 11 is 0. The van der Waals surface area contributed by atoms with Gasteiger partial charge in [-0.15, -0.1) is 0 Å². The number of allylic oxidation sites excluding steroid dienone is 8. The first-order chi connectivity index (χ1) is 7.42. The lowest BCUT2D eigenvalue weighted by atomic mass is 9.66.